The van der Waals surface area contributed by atoms with Crippen LogP contribution >= 0.6 is 0 Å². The Bertz CT molecular complexity index is 489. The van der Waals surface area contributed by atoms with Gasteiger partial charge < -0.3 is 10.4 Å². The molecule has 0 saturated heterocycles. The number of carbonyl (C=O) groups excluding carboxylic acids is 1. The predicted molar refractivity (Wildman–Crippen MR) is 93.0 cm³/mol. The van der Waals surface area contributed by atoms with Gasteiger partial charge in [0.1, 0.15) is 0 Å². The molecule has 1 aliphatic rings. The molecule has 1 amide bonds. The van der Waals surface area contributed by atoms with E-state index in [1.54, 1.807) is 0 Å². The predicted octanol–water partition coefficient (Wildman–Crippen LogP) is 2.59. The van der Waals surface area contributed by atoms with E-state index in [-0.39, 0.29) is 18.1 Å². The molecule has 0 bridgehead atoms. The van der Waals surface area contributed by atoms with Crippen molar-refractivity contribution >= 4 is 5.91 Å². The number of nitrogens with zero attached hydrogens (tertiary/aromatic N) is 1. The highest BCUT2D eigenvalue weighted by atomic mass is 16.3. The van der Waals surface area contributed by atoms with Crippen molar-refractivity contribution in [2.75, 3.05) is 20.1 Å². The van der Waals surface area contributed by atoms with Gasteiger partial charge in [-0.3, -0.25) is 9.69 Å². The van der Waals surface area contributed by atoms with Gasteiger partial charge in [0.2, 0.25) is 5.91 Å². The first-order valence-corrected chi connectivity index (χ1v) is 8.68. The van der Waals surface area contributed by atoms with Gasteiger partial charge >= 0.3 is 0 Å². The SMILES string of the molecule is CC(C)C(NC(=O)CN(C)CC1CCCC1O)c1ccccc1. The van der Waals surface area contributed by atoms with E-state index >= 15 is 0 Å². The first-order chi connectivity index (χ1) is 11.0. The Hall–Kier alpha value is -1.39. The average molecular weight is 318 g/mol. The van der Waals surface area contributed by atoms with Crippen LogP contribution in [0, 0.1) is 11.8 Å². The Kier molecular flexibility index (Phi) is 6.60. The van der Waals surface area contributed by atoms with Gasteiger partial charge in [0, 0.05) is 6.54 Å². The highest BCUT2D eigenvalue weighted by Gasteiger charge is 2.27. The molecule has 2 N–H and O–H groups in total. The molecule has 23 heavy (non-hydrogen) atoms. The lowest BCUT2D eigenvalue weighted by atomic mass is 9.96. The number of aliphatic hydroxyl groups is 1. The van der Waals surface area contributed by atoms with Crippen molar-refractivity contribution in [3.8, 4) is 0 Å². The summed E-state index contributed by atoms with van der Waals surface area (Å²) in [5.41, 5.74) is 1.14. The van der Waals surface area contributed by atoms with Crippen LogP contribution in [-0.2, 0) is 4.79 Å². The van der Waals surface area contributed by atoms with Crippen molar-refractivity contribution in [1.82, 2.24) is 10.2 Å². The Labute approximate surface area is 139 Å². The molecule has 1 saturated carbocycles. The van der Waals surface area contributed by atoms with Crippen LogP contribution in [0.25, 0.3) is 0 Å². The summed E-state index contributed by atoms with van der Waals surface area (Å²) in [4.78, 5) is 14.4. The molecule has 128 valence electrons. The van der Waals surface area contributed by atoms with E-state index in [0.29, 0.717) is 18.4 Å². The quantitative estimate of drug-likeness (QED) is 0.812. The first-order valence-electron chi connectivity index (χ1n) is 8.68. The third-order valence-corrected chi connectivity index (χ3v) is 4.72. The van der Waals surface area contributed by atoms with Crippen molar-refractivity contribution in [1.29, 1.82) is 0 Å². The molecule has 1 fully saturated rings. The number of nitrogens with one attached hydrogen (secondary N) is 1. The molecule has 4 heteroatoms. The molecular formula is C19H30N2O2. The summed E-state index contributed by atoms with van der Waals surface area (Å²) in [7, 11) is 1.96. The van der Waals surface area contributed by atoms with Crippen molar-refractivity contribution in [2.45, 2.75) is 45.3 Å². The van der Waals surface area contributed by atoms with Gasteiger partial charge in [-0.2, -0.15) is 0 Å². The lowest BCUT2D eigenvalue weighted by Gasteiger charge is -2.26. The zero-order valence-corrected chi connectivity index (χ0v) is 14.5. The fraction of sp³-hybridized carbons (Fsp3) is 0.632. The minimum Gasteiger partial charge on any atom is -0.393 e. The summed E-state index contributed by atoms with van der Waals surface area (Å²) in [6, 6.07) is 10.2. The summed E-state index contributed by atoms with van der Waals surface area (Å²) in [6.45, 7) is 5.40. The van der Waals surface area contributed by atoms with Gasteiger partial charge in [-0.05, 0) is 37.3 Å². The number of amides is 1. The fourth-order valence-electron chi connectivity index (χ4n) is 3.45. The molecule has 2 rings (SSSR count). The van der Waals surface area contributed by atoms with Crippen molar-refractivity contribution in [3.05, 3.63) is 35.9 Å². The zero-order valence-electron chi connectivity index (χ0n) is 14.5. The number of likely N-dealkylation sites (N-methyl/N-ethyl adjacent to an activating group) is 1. The van der Waals surface area contributed by atoms with E-state index in [1.807, 2.05) is 30.1 Å². The maximum atomic E-state index is 12.4. The smallest absolute Gasteiger partial charge is 0.234 e. The van der Waals surface area contributed by atoms with Crippen LogP contribution in [0.3, 0.4) is 0 Å². The van der Waals surface area contributed by atoms with Gasteiger partial charge in [0.15, 0.2) is 0 Å². The first kappa shape index (κ1) is 18.0. The van der Waals surface area contributed by atoms with Crippen LogP contribution in [0.4, 0.5) is 0 Å². The summed E-state index contributed by atoms with van der Waals surface area (Å²) >= 11 is 0. The van der Waals surface area contributed by atoms with E-state index in [4.69, 9.17) is 0 Å². The topological polar surface area (TPSA) is 52.6 Å². The van der Waals surface area contributed by atoms with E-state index in [1.165, 1.54) is 0 Å². The molecule has 1 aliphatic carbocycles. The Morgan fingerprint density at radius 1 is 1.30 bits per heavy atom. The van der Waals surface area contributed by atoms with Gasteiger partial charge in [-0.1, -0.05) is 50.6 Å². The summed E-state index contributed by atoms with van der Waals surface area (Å²) in [6.07, 6.45) is 2.85. The van der Waals surface area contributed by atoms with E-state index in [2.05, 4.69) is 31.3 Å². The summed E-state index contributed by atoms with van der Waals surface area (Å²) in [5, 5.41) is 13.1. The number of benzene rings is 1. The van der Waals surface area contributed by atoms with Gasteiger partial charge in [-0.25, -0.2) is 0 Å². The number of aliphatic hydroxyl groups excluding tert-OH is 1. The van der Waals surface area contributed by atoms with Gasteiger partial charge in [-0.15, -0.1) is 0 Å². The fourth-order valence-corrected chi connectivity index (χ4v) is 3.45. The second-order valence-electron chi connectivity index (χ2n) is 7.15. The van der Waals surface area contributed by atoms with Gasteiger partial charge in [0.25, 0.3) is 0 Å². The average Bonchev–Trinajstić information content (AvgIpc) is 2.90. The van der Waals surface area contributed by atoms with E-state index < -0.39 is 0 Å². The molecule has 1 aromatic carbocycles. The summed E-state index contributed by atoms with van der Waals surface area (Å²) < 4.78 is 0. The van der Waals surface area contributed by atoms with Crippen molar-refractivity contribution in [3.63, 3.8) is 0 Å². The molecule has 0 aliphatic heterocycles. The molecule has 3 unspecified atom stereocenters. The van der Waals surface area contributed by atoms with Crippen LogP contribution in [0.15, 0.2) is 30.3 Å². The minimum absolute atomic E-state index is 0.0363. The Morgan fingerprint density at radius 2 is 2.00 bits per heavy atom. The van der Waals surface area contributed by atoms with Crippen molar-refractivity contribution < 1.29 is 9.90 Å². The molecular weight excluding hydrogens is 288 g/mol. The van der Waals surface area contributed by atoms with E-state index in [9.17, 15) is 9.90 Å². The largest absolute Gasteiger partial charge is 0.393 e. The maximum absolute atomic E-state index is 12.4. The van der Waals surface area contributed by atoms with Crippen LogP contribution in [-0.4, -0.2) is 42.2 Å². The number of hydrogen-bond donors (Lipinski definition) is 2. The highest BCUT2D eigenvalue weighted by molar-refractivity contribution is 5.78. The number of hydrogen-bond acceptors (Lipinski definition) is 3. The zero-order chi connectivity index (χ0) is 16.8. The minimum atomic E-state index is -0.201. The Morgan fingerprint density at radius 3 is 2.57 bits per heavy atom. The standard InChI is InChI=1S/C19H30N2O2/c1-14(2)19(15-8-5-4-6-9-15)20-18(23)13-21(3)12-16-10-7-11-17(16)22/h4-6,8-9,14,16-17,19,22H,7,10-13H2,1-3H3,(H,20,23). The van der Waals surface area contributed by atoms with Crippen LogP contribution in [0.1, 0.15) is 44.7 Å². The number of carbonyl (C=O) groups is 1. The van der Waals surface area contributed by atoms with Crippen LogP contribution in [0.2, 0.25) is 0 Å². The second-order valence-corrected chi connectivity index (χ2v) is 7.15. The molecule has 4 nitrogen and oxygen atoms in total. The Balaban J connectivity index is 1.86. The normalized spacial score (nSPS) is 22.5. The van der Waals surface area contributed by atoms with Gasteiger partial charge in [0.05, 0.1) is 18.7 Å². The number of rotatable bonds is 7. The second kappa shape index (κ2) is 8.46. The molecule has 1 aromatic rings. The van der Waals surface area contributed by atoms with E-state index in [0.717, 1.165) is 31.4 Å². The molecule has 3 atom stereocenters. The molecule has 0 spiro atoms. The third-order valence-electron chi connectivity index (χ3n) is 4.72. The molecule has 0 aromatic heterocycles. The van der Waals surface area contributed by atoms with Crippen molar-refractivity contribution in [2.24, 2.45) is 11.8 Å². The summed E-state index contributed by atoms with van der Waals surface area (Å²) in [5.74, 6) is 0.689. The third kappa shape index (κ3) is 5.33. The monoisotopic (exact) mass is 318 g/mol. The lowest BCUT2D eigenvalue weighted by molar-refractivity contribution is -0.123. The van der Waals surface area contributed by atoms with Crippen LogP contribution < -0.4 is 5.32 Å². The molecule has 0 heterocycles. The highest BCUT2D eigenvalue weighted by Crippen LogP contribution is 2.26. The lowest BCUT2D eigenvalue weighted by Crippen LogP contribution is -2.41. The van der Waals surface area contributed by atoms with Crippen LogP contribution in [0.5, 0.6) is 0 Å². The molecule has 0 radical (unpaired) electrons. The maximum Gasteiger partial charge on any atom is 0.234 e.